The van der Waals surface area contributed by atoms with Crippen LogP contribution in [-0.2, 0) is 9.53 Å². The van der Waals surface area contributed by atoms with E-state index < -0.39 is 17.6 Å². The largest absolute Gasteiger partial charge is 0.493 e. The Morgan fingerprint density at radius 3 is 2.50 bits per heavy atom. The Morgan fingerprint density at radius 2 is 1.82 bits per heavy atom. The van der Waals surface area contributed by atoms with E-state index in [1.165, 1.54) is 0 Å². The van der Waals surface area contributed by atoms with Gasteiger partial charge in [0.2, 0.25) is 5.91 Å². The zero-order valence-corrected chi connectivity index (χ0v) is 25.6. The first-order chi connectivity index (χ1) is 19.0. The van der Waals surface area contributed by atoms with E-state index in [2.05, 4.69) is 36.4 Å². The normalized spacial score (nSPS) is 18.7. The van der Waals surface area contributed by atoms with Gasteiger partial charge in [0.25, 0.3) is 5.91 Å². The highest BCUT2D eigenvalue weighted by molar-refractivity contribution is 5.96. The fourth-order valence-electron chi connectivity index (χ4n) is 5.44. The molecule has 1 aliphatic rings. The number of nitrogens with two attached hydrogens (primary N) is 1. The van der Waals surface area contributed by atoms with Crippen LogP contribution in [0.3, 0.4) is 0 Å². The SMILES string of the molecule is COCCCCOc1ccccc1C(=O)NC[C@@H](C[C@H](N)[C@@H](O)CNC(=O)C(C)(C)[C@H]1CCCCN1C)C(C)C. The van der Waals surface area contributed by atoms with E-state index in [9.17, 15) is 14.7 Å². The van der Waals surface area contributed by atoms with Gasteiger partial charge in [0.05, 0.1) is 23.7 Å². The maximum absolute atomic E-state index is 13.1. The number of rotatable bonds is 17. The van der Waals surface area contributed by atoms with E-state index in [-0.39, 0.29) is 36.2 Å². The molecule has 0 aromatic heterocycles. The van der Waals surface area contributed by atoms with Crippen LogP contribution in [0.25, 0.3) is 0 Å². The fourth-order valence-corrected chi connectivity index (χ4v) is 5.44. The first kappa shape index (κ1) is 34.0. The van der Waals surface area contributed by atoms with Crippen LogP contribution < -0.4 is 21.1 Å². The second kappa shape index (κ2) is 16.9. The van der Waals surface area contributed by atoms with Crippen molar-refractivity contribution in [3.05, 3.63) is 29.8 Å². The number of aliphatic hydroxyl groups is 1. The highest BCUT2D eigenvalue weighted by Crippen LogP contribution is 2.31. The van der Waals surface area contributed by atoms with E-state index in [4.69, 9.17) is 15.2 Å². The van der Waals surface area contributed by atoms with Crippen molar-refractivity contribution in [2.45, 2.75) is 84.4 Å². The molecule has 0 spiro atoms. The smallest absolute Gasteiger partial charge is 0.255 e. The number of ether oxygens (including phenoxy) is 2. The number of nitrogens with one attached hydrogen (secondary N) is 2. The van der Waals surface area contributed by atoms with Crippen LogP contribution >= 0.6 is 0 Å². The van der Waals surface area contributed by atoms with Gasteiger partial charge in [0.15, 0.2) is 0 Å². The number of hydrogen-bond donors (Lipinski definition) is 4. The molecule has 4 atom stereocenters. The Morgan fingerprint density at radius 1 is 1.12 bits per heavy atom. The number of carbonyl (C=O) groups excluding carboxylic acids is 2. The predicted octanol–water partition coefficient (Wildman–Crippen LogP) is 3.20. The first-order valence-corrected chi connectivity index (χ1v) is 14.9. The van der Waals surface area contributed by atoms with Crippen LogP contribution in [0.2, 0.25) is 0 Å². The maximum atomic E-state index is 13.1. The van der Waals surface area contributed by atoms with Crippen molar-refractivity contribution in [2.75, 3.05) is 47.0 Å². The summed E-state index contributed by atoms with van der Waals surface area (Å²) in [7, 11) is 3.75. The molecule has 1 fully saturated rings. The molecule has 9 heteroatoms. The number of unbranched alkanes of at least 4 members (excludes halogenated alkanes) is 1. The van der Waals surface area contributed by atoms with Crippen LogP contribution in [0.4, 0.5) is 0 Å². The molecule has 0 saturated carbocycles. The third kappa shape index (κ3) is 10.3. The quantitative estimate of drug-likeness (QED) is 0.215. The molecule has 5 N–H and O–H groups in total. The second-order valence-corrected chi connectivity index (χ2v) is 12.1. The van der Waals surface area contributed by atoms with Crippen molar-refractivity contribution in [3.8, 4) is 5.75 Å². The minimum atomic E-state index is -0.881. The molecular weight excluding hydrogens is 508 g/mol. The van der Waals surface area contributed by atoms with E-state index in [1.54, 1.807) is 19.2 Å². The molecule has 2 amide bonds. The standard InChI is InChI=1S/C31H54N4O5/c1-22(2)23(20-33-29(37)24-13-7-8-14-27(24)40-18-12-11-17-39-6)19-25(32)26(36)21-34-30(38)31(3,4)28-15-9-10-16-35(28)5/h7-8,13-14,22-23,25-26,28,36H,9-12,15-21,32H2,1-6H3,(H,33,37)(H,34,38)/t23-,25+,26+,28-/m1/s1. The number of hydrogen-bond acceptors (Lipinski definition) is 7. The van der Waals surface area contributed by atoms with Gasteiger partial charge in [-0.3, -0.25) is 9.59 Å². The molecule has 40 heavy (non-hydrogen) atoms. The van der Waals surface area contributed by atoms with Gasteiger partial charge in [-0.1, -0.05) is 32.4 Å². The summed E-state index contributed by atoms with van der Waals surface area (Å²) < 4.78 is 10.9. The Labute approximate surface area is 241 Å². The number of methoxy groups -OCH3 is 1. The minimum absolute atomic E-state index is 0.0544. The van der Waals surface area contributed by atoms with Gasteiger partial charge in [0.1, 0.15) is 5.75 Å². The molecule has 0 aliphatic carbocycles. The van der Waals surface area contributed by atoms with Crippen LogP contribution in [0.1, 0.15) is 76.6 Å². The molecule has 0 unspecified atom stereocenters. The van der Waals surface area contributed by atoms with Gasteiger partial charge in [-0.15, -0.1) is 0 Å². The number of aliphatic hydroxyl groups excluding tert-OH is 1. The lowest BCUT2D eigenvalue weighted by Crippen LogP contribution is -2.55. The number of carbonyl (C=O) groups is 2. The van der Waals surface area contributed by atoms with Crippen molar-refractivity contribution in [3.63, 3.8) is 0 Å². The Hall–Kier alpha value is -2.20. The van der Waals surface area contributed by atoms with E-state index in [0.29, 0.717) is 37.5 Å². The van der Waals surface area contributed by atoms with E-state index in [1.807, 2.05) is 26.0 Å². The summed E-state index contributed by atoms with van der Waals surface area (Å²) in [6, 6.07) is 6.88. The lowest BCUT2D eigenvalue weighted by atomic mass is 9.78. The summed E-state index contributed by atoms with van der Waals surface area (Å²) in [6.45, 7) is 10.8. The molecular formula is C31H54N4O5. The van der Waals surface area contributed by atoms with Gasteiger partial charge in [0, 0.05) is 38.9 Å². The van der Waals surface area contributed by atoms with Gasteiger partial charge < -0.3 is 35.8 Å². The number of piperidine rings is 1. The van der Waals surface area contributed by atoms with Crippen LogP contribution in [-0.4, -0.2) is 87.0 Å². The highest BCUT2D eigenvalue weighted by Gasteiger charge is 2.40. The fraction of sp³-hybridized carbons (Fsp3) is 0.742. The second-order valence-electron chi connectivity index (χ2n) is 12.1. The number of likely N-dealkylation sites (tertiary alicyclic amines) is 1. The number of benzene rings is 1. The molecule has 1 heterocycles. The average molecular weight is 563 g/mol. The molecule has 1 aliphatic heterocycles. The maximum Gasteiger partial charge on any atom is 0.255 e. The molecule has 1 aromatic rings. The number of amides is 2. The highest BCUT2D eigenvalue weighted by atomic mass is 16.5. The zero-order chi connectivity index (χ0) is 29.7. The molecule has 9 nitrogen and oxygen atoms in total. The Bertz CT molecular complexity index is 909. The van der Waals surface area contributed by atoms with Crippen molar-refractivity contribution in [2.24, 2.45) is 23.0 Å². The monoisotopic (exact) mass is 562 g/mol. The van der Waals surface area contributed by atoms with Crippen molar-refractivity contribution in [1.29, 1.82) is 0 Å². The van der Waals surface area contributed by atoms with Crippen LogP contribution in [0, 0.1) is 17.3 Å². The summed E-state index contributed by atoms with van der Waals surface area (Å²) in [5.74, 6) is 0.586. The molecule has 1 aromatic carbocycles. The Kier molecular flexibility index (Phi) is 14.4. The van der Waals surface area contributed by atoms with E-state index >= 15 is 0 Å². The number of nitrogens with zero attached hydrogens (tertiary/aromatic N) is 1. The summed E-state index contributed by atoms with van der Waals surface area (Å²) in [5, 5.41) is 16.8. The molecule has 0 radical (unpaired) electrons. The van der Waals surface area contributed by atoms with Crippen molar-refractivity contribution < 1.29 is 24.2 Å². The number of para-hydroxylation sites is 1. The van der Waals surface area contributed by atoms with Gasteiger partial charge >= 0.3 is 0 Å². The van der Waals surface area contributed by atoms with Crippen molar-refractivity contribution in [1.82, 2.24) is 15.5 Å². The third-order valence-corrected chi connectivity index (χ3v) is 8.33. The van der Waals surface area contributed by atoms with Gasteiger partial charge in [-0.05, 0) is 83.5 Å². The topological polar surface area (TPSA) is 126 Å². The average Bonchev–Trinajstić information content (AvgIpc) is 2.93. The Balaban J connectivity index is 1.87. The summed E-state index contributed by atoms with van der Waals surface area (Å²) in [6.07, 6.45) is 4.65. The predicted molar refractivity (Wildman–Crippen MR) is 159 cm³/mol. The molecule has 228 valence electrons. The van der Waals surface area contributed by atoms with Crippen LogP contribution in [0.5, 0.6) is 5.75 Å². The van der Waals surface area contributed by atoms with Gasteiger partial charge in [-0.25, -0.2) is 0 Å². The van der Waals surface area contributed by atoms with Crippen molar-refractivity contribution >= 4 is 11.8 Å². The molecule has 0 bridgehead atoms. The summed E-state index contributed by atoms with van der Waals surface area (Å²) in [5.41, 5.74) is 6.33. The van der Waals surface area contributed by atoms with Gasteiger partial charge in [-0.2, -0.15) is 0 Å². The summed E-state index contributed by atoms with van der Waals surface area (Å²) >= 11 is 0. The summed E-state index contributed by atoms with van der Waals surface area (Å²) in [4.78, 5) is 28.4. The third-order valence-electron chi connectivity index (χ3n) is 8.33. The minimum Gasteiger partial charge on any atom is -0.493 e. The molecule has 1 saturated heterocycles. The van der Waals surface area contributed by atoms with Crippen LogP contribution in [0.15, 0.2) is 24.3 Å². The molecule has 2 rings (SSSR count). The van der Waals surface area contributed by atoms with E-state index in [0.717, 1.165) is 38.6 Å². The first-order valence-electron chi connectivity index (χ1n) is 14.9. The lowest BCUT2D eigenvalue weighted by Gasteiger charge is -2.42. The zero-order valence-electron chi connectivity index (χ0n) is 25.6. The lowest BCUT2D eigenvalue weighted by molar-refractivity contribution is -0.134.